The van der Waals surface area contributed by atoms with Crippen LogP contribution in [0.4, 0.5) is 4.39 Å². The molecule has 0 aliphatic heterocycles. The molecule has 0 aliphatic rings. The zero-order valence-corrected chi connectivity index (χ0v) is 20.5. The molecule has 2 N–H and O–H groups in total. The quantitative estimate of drug-likeness (QED) is 0.300. The first-order valence-electron chi connectivity index (χ1n) is 11.7. The molecule has 0 bridgehead atoms. The zero-order chi connectivity index (χ0) is 25.9. The minimum Gasteiger partial charge on any atom is -0.490 e. The summed E-state index contributed by atoms with van der Waals surface area (Å²) in [5.41, 5.74) is 4.47. The van der Waals surface area contributed by atoms with Gasteiger partial charge in [0.05, 0.1) is 12.8 Å². The van der Waals surface area contributed by atoms with Crippen molar-refractivity contribution < 1.29 is 23.5 Å². The SMILES string of the molecule is CCOc1cc(C=NNC(=O)C(NC(=O)c2ccc(F)cc2)C(C)C)ccc1OCc1ccccc1. The molecule has 0 saturated heterocycles. The Morgan fingerprint density at radius 3 is 2.36 bits per heavy atom. The third kappa shape index (κ3) is 7.66. The van der Waals surface area contributed by atoms with Crippen LogP contribution in [0, 0.1) is 11.7 Å². The third-order valence-electron chi connectivity index (χ3n) is 5.24. The molecule has 0 radical (unpaired) electrons. The number of hydrogen-bond acceptors (Lipinski definition) is 5. The number of ether oxygens (including phenoxy) is 2. The van der Waals surface area contributed by atoms with Crippen molar-refractivity contribution in [2.45, 2.75) is 33.4 Å². The van der Waals surface area contributed by atoms with Crippen molar-refractivity contribution in [3.8, 4) is 11.5 Å². The predicted molar refractivity (Wildman–Crippen MR) is 137 cm³/mol. The number of rotatable bonds is 11. The van der Waals surface area contributed by atoms with Crippen LogP contribution < -0.4 is 20.2 Å². The number of carbonyl (C=O) groups excluding carboxylic acids is 2. The Labute approximate surface area is 210 Å². The lowest BCUT2D eigenvalue weighted by molar-refractivity contribution is -0.123. The van der Waals surface area contributed by atoms with Gasteiger partial charge < -0.3 is 14.8 Å². The fourth-order valence-corrected chi connectivity index (χ4v) is 3.33. The monoisotopic (exact) mass is 491 g/mol. The van der Waals surface area contributed by atoms with Gasteiger partial charge >= 0.3 is 0 Å². The van der Waals surface area contributed by atoms with Crippen LogP contribution in [-0.4, -0.2) is 30.7 Å². The van der Waals surface area contributed by atoms with Gasteiger partial charge in [0.25, 0.3) is 11.8 Å². The summed E-state index contributed by atoms with van der Waals surface area (Å²) in [6.07, 6.45) is 1.49. The van der Waals surface area contributed by atoms with E-state index in [1.54, 1.807) is 32.0 Å². The van der Waals surface area contributed by atoms with Crippen LogP contribution >= 0.6 is 0 Å². The van der Waals surface area contributed by atoms with E-state index in [-0.39, 0.29) is 11.5 Å². The summed E-state index contributed by atoms with van der Waals surface area (Å²) in [7, 11) is 0. The van der Waals surface area contributed by atoms with Crippen LogP contribution in [0.3, 0.4) is 0 Å². The molecule has 36 heavy (non-hydrogen) atoms. The molecule has 0 heterocycles. The van der Waals surface area contributed by atoms with Crippen LogP contribution in [0.15, 0.2) is 77.9 Å². The van der Waals surface area contributed by atoms with E-state index in [1.165, 1.54) is 30.5 Å². The second-order valence-electron chi connectivity index (χ2n) is 8.35. The van der Waals surface area contributed by atoms with E-state index in [1.807, 2.05) is 37.3 Å². The molecule has 3 aromatic carbocycles. The second kappa shape index (κ2) is 13.0. The van der Waals surface area contributed by atoms with E-state index >= 15 is 0 Å². The van der Waals surface area contributed by atoms with Crippen molar-refractivity contribution in [2.75, 3.05) is 6.61 Å². The Kier molecular flexibility index (Phi) is 9.56. The topological polar surface area (TPSA) is 89.0 Å². The smallest absolute Gasteiger partial charge is 0.262 e. The van der Waals surface area contributed by atoms with Gasteiger partial charge in [0, 0.05) is 5.56 Å². The number of amides is 2. The van der Waals surface area contributed by atoms with Crippen LogP contribution in [-0.2, 0) is 11.4 Å². The summed E-state index contributed by atoms with van der Waals surface area (Å²) in [5, 5.41) is 6.72. The summed E-state index contributed by atoms with van der Waals surface area (Å²) in [5.74, 6) is -0.414. The highest BCUT2D eigenvalue weighted by Crippen LogP contribution is 2.29. The molecule has 7 nitrogen and oxygen atoms in total. The number of halogens is 1. The molecule has 2 amide bonds. The summed E-state index contributed by atoms with van der Waals surface area (Å²) >= 11 is 0. The van der Waals surface area contributed by atoms with Gasteiger partial charge in [-0.1, -0.05) is 44.2 Å². The number of carbonyl (C=O) groups is 2. The van der Waals surface area contributed by atoms with E-state index in [4.69, 9.17) is 9.47 Å². The molecule has 0 fully saturated rings. The minimum atomic E-state index is -0.826. The Hall–Kier alpha value is -4.20. The maximum atomic E-state index is 13.1. The largest absolute Gasteiger partial charge is 0.490 e. The van der Waals surface area contributed by atoms with Crippen molar-refractivity contribution in [1.82, 2.24) is 10.7 Å². The molecule has 1 atom stereocenters. The van der Waals surface area contributed by atoms with Gasteiger partial charge in [0.15, 0.2) is 11.5 Å². The van der Waals surface area contributed by atoms with Gasteiger partial charge in [0.1, 0.15) is 18.5 Å². The summed E-state index contributed by atoms with van der Waals surface area (Å²) < 4.78 is 24.7. The molecule has 8 heteroatoms. The maximum absolute atomic E-state index is 13.1. The summed E-state index contributed by atoms with van der Waals surface area (Å²) in [6, 6.07) is 19.5. The Bertz CT molecular complexity index is 1180. The lowest BCUT2D eigenvalue weighted by Gasteiger charge is -2.20. The van der Waals surface area contributed by atoms with Crippen LogP contribution in [0.1, 0.15) is 42.3 Å². The highest BCUT2D eigenvalue weighted by atomic mass is 19.1. The minimum absolute atomic E-state index is 0.199. The molecule has 188 valence electrons. The fraction of sp³-hybridized carbons (Fsp3) is 0.250. The van der Waals surface area contributed by atoms with Gasteiger partial charge in [-0.05, 0) is 66.4 Å². The normalized spacial score (nSPS) is 11.8. The maximum Gasteiger partial charge on any atom is 0.262 e. The molecular formula is C28H30FN3O4. The first-order chi connectivity index (χ1) is 17.4. The molecule has 1 unspecified atom stereocenters. The van der Waals surface area contributed by atoms with E-state index in [0.29, 0.717) is 30.3 Å². The Balaban J connectivity index is 1.62. The van der Waals surface area contributed by atoms with E-state index in [0.717, 1.165) is 5.56 Å². The van der Waals surface area contributed by atoms with Crippen LogP contribution in [0.2, 0.25) is 0 Å². The number of nitrogens with one attached hydrogen (secondary N) is 2. The van der Waals surface area contributed by atoms with Crippen molar-refractivity contribution in [3.05, 3.63) is 95.3 Å². The standard InChI is InChI=1S/C28H30FN3O4/c1-4-35-25-16-21(10-15-24(25)36-18-20-8-6-5-7-9-20)17-30-32-28(34)26(19(2)3)31-27(33)22-11-13-23(29)14-12-22/h5-17,19,26H,4,18H2,1-3H3,(H,31,33)(H,32,34). The highest BCUT2D eigenvalue weighted by molar-refractivity contribution is 5.97. The molecule has 0 aliphatic carbocycles. The first kappa shape index (κ1) is 26.4. The summed E-state index contributed by atoms with van der Waals surface area (Å²) in [4.78, 5) is 25.2. The van der Waals surface area contributed by atoms with Gasteiger partial charge in [-0.15, -0.1) is 0 Å². The van der Waals surface area contributed by atoms with Crippen LogP contribution in [0.5, 0.6) is 11.5 Å². The lowest BCUT2D eigenvalue weighted by atomic mass is 10.0. The molecule has 3 aromatic rings. The van der Waals surface area contributed by atoms with E-state index < -0.39 is 23.7 Å². The number of nitrogens with zero attached hydrogens (tertiary/aromatic N) is 1. The molecule has 0 saturated carbocycles. The van der Waals surface area contributed by atoms with Gasteiger partial charge in [0.2, 0.25) is 0 Å². The van der Waals surface area contributed by atoms with Gasteiger partial charge in [-0.2, -0.15) is 5.10 Å². The number of hydrazone groups is 1. The molecule has 0 spiro atoms. The van der Waals surface area contributed by atoms with Gasteiger partial charge in [-0.25, -0.2) is 9.82 Å². The Morgan fingerprint density at radius 2 is 1.69 bits per heavy atom. The van der Waals surface area contributed by atoms with Crippen LogP contribution in [0.25, 0.3) is 0 Å². The number of benzene rings is 3. The average Bonchev–Trinajstić information content (AvgIpc) is 2.87. The van der Waals surface area contributed by atoms with E-state index in [2.05, 4.69) is 15.8 Å². The lowest BCUT2D eigenvalue weighted by Crippen LogP contribution is -2.48. The van der Waals surface area contributed by atoms with Crippen molar-refractivity contribution in [1.29, 1.82) is 0 Å². The fourth-order valence-electron chi connectivity index (χ4n) is 3.33. The average molecular weight is 492 g/mol. The van der Waals surface area contributed by atoms with Gasteiger partial charge in [-0.3, -0.25) is 9.59 Å². The number of hydrogen-bond donors (Lipinski definition) is 2. The second-order valence-corrected chi connectivity index (χ2v) is 8.35. The van der Waals surface area contributed by atoms with Crippen molar-refractivity contribution >= 4 is 18.0 Å². The molecular weight excluding hydrogens is 461 g/mol. The highest BCUT2D eigenvalue weighted by Gasteiger charge is 2.24. The third-order valence-corrected chi connectivity index (χ3v) is 5.24. The first-order valence-corrected chi connectivity index (χ1v) is 11.7. The van der Waals surface area contributed by atoms with E-state index in [9.17, 15) is 14.0 Å². The molecule has 0 aromatic heterocycles. The zero-order valence-electron chi connectivity index (χ0n) is 20.5. The van der Waals surface area contributed by atoms with Crippen molar-refractivity contribution in [2.24, 2.45) is 11.0 Å². The Morgan fingerprint density at radius 1 is 0.972 bits per heavy atom. The predicted octanol–water partition coefficient (Wildman–Crippen LogP) is 4.71. The summed E-state index contributed by atoms with van der Waals surface area (Å²) in [6.45, 7) is 6.37. The van der Waals surface area contributed by atoms with Crippen molar-refractivity contribution in [3.63, 3.8) is 0 Å². The molecule has 3 rings (SSSR count).